The summed E-state index contributed by atoms with van der Waals surface area (Å²) >= 11 is 0. The van der Waals surface area contributed by atoms with Crippen molar-refractivity contribution in [2.45, 2.75) is 52.4 Å². The van der Waals surface area contributed by atoms with Crippen LogP contribution >= 0.6 is 0 Å². The number of methoxy groups -OCH3 is 1. The maximum absolute atomic E-state index is 6.05. The van der Waals surface area contributed by atoms with Gasteiger partial charge in [-0.15, -0.1) is 0 Å². The number of pyridine rings is 2. The summed E-state index contributed by atoms with van der Waals surface area (Å²) in [5.41, 5.74) is 16.7. The van der Waals surface area contributed by atoms with Gasteiger partial charge in [-0.25, -0.2) is 4.98 Å². The van der Waals surface area contributed by atoms with Crippen molar-refractivity contribution >= 4 is 22.0 Å². The molecule has 0 spiro atoms. The maximum atomic E-state index is 6.05. The van der Waals surface area contributed by atoms with E-state index in [9.17, 15) is 0 Å². The topological polar surface area (TPSA) is 53.1 Å². The zero-order chi connectivity index (χ0) is 40.2. The van der Waals surface area contributed by atoms with Gasteiger partial charge in [0.25, 0.3) is 0 Å². The van der Waals surface area contributed by atoms with Crippen molar-refractivity contribution in [2.75, 3.05) is 7.11 Å². The molecule has 0 saturated heterocycles. The fourth-order valence-electron chi connectivity index (χ4n) is 7.94. The van der Waals surface area contributed by atoms with E-state index in [1.165, 1.54) is 16.7 Å². The second kappa shape index (κ2) is 14.3. The highest BCUT2D eigenvalue weighted by atomic mass is 16.5. The predicted molar refractivity (Wildman–Crippen MR) is 240 cm³/mol. The minimum Gasteiger partial charge on any atom is -0.496 e. The summed E-state index contributed by atoms with van der Waals surface area (Å²) < 4.78 is 14.2. The van der Waals surface area contributed by atoms with Crippen LogP contribution in [0.2, 0.25) is 0 Å². The Hall–Kier alpha value is -6.72. The molecule has 0 unspecified atom stereocenters. The molecule has 5 heteroatoms. The van der Waals surface area contributed by atoms with Gasteiger partial charge in [0.05, 0.1) is 41.5 Å². The molecule has 0 N–H and O–H groups in total. The predicted octanol–water partition coefficient (Wildman–Crippen LogP) is 14.1. The first-order valence-electron chi connectivity index (χ1n) is 19.9. The molecule has 58 heavy (non-hydrogen) atoms. The largest absolute Gasteiger partial charge is 0.496 e. The van der Waals surface area contributed by atoms with Crippen molar-refractivity contribution in [2.24, 2.45) is 0 Å². The van der Waals surface area contributed by atoms with E-state index < -0.39 is 0 Å². The molecule has 0 atom stereocenters. The van der Waals surface area contributed by atoms with Crippen LogP contribution in [0, 0.1) is 0 Å². The Labute approximate surface area is 340 Å². The summed E-state index contributed by atoms with van der Waals surface area (Å²) in [7, 11) is 1.72. The molecule has 0 amide bonds. The number of aromatic nitrogens is 3. The average Bonchev–Trinajstić information content (AvgIpc) is 3.84. The Morgan fingerprint density at radius 2 is 1.17 bits per heavy atom. The second-order valence-corrected chi connectivity index (χ2v) is 17.1. The molecule has 0 bridgehead atoms. The number of ether oxygens (including phenoxy) is 1. The van der Waals surface area contributed by atoms with Crippen molar-refractivity contribution in [1.82, 2.24) is 14.5 Å². The van der Waals surface area contributed by atoms with E-state index in [4.69, 9.17) is 19.1 Å². The molecule has 0 saturated carbocycles. The minimum absolute atomic E-state index is 0.0196. The van der Waals surface area contributed by atoms with Crippen molar-refractivity contribution in [1.29, 1.82) is 0 Å². The smallest absolute Gasteiger partial charge is 0.159 e. The van der Waals surface area contributed by atoms with E-state index >= 15 is 0 Å². The van der Waals surface area contributed by atoms with Gasteiger partial charge in [0.2, 0.25) is 0 Å². The van der Waals surface area contributed by atoms with Gasteiger partial charge in [0, 0.05) is 45.6 Å². The molecule has 0 radical (unpaired) electrons. The molecule has 5 nitrogen and oxygen atoms in total. The van der Waals surface area contributed by atoms with Crippen LogP contribution in [0.1, 0.15) is 52.7 Å². The van der Waals surface area contributed by atoms with Crippen molar-refractivity contribution in [3.8, 4) is 67.5 Å². The molecule has 5 aromatic carbocycles. The number of benzene rings is 5. The Balaban J connectivity index is 1.19. The van der Waals surface area contributed by atoms with Gasteiger partial charge in [-0.2, -0.15) is 0 Å². The fraction of sp³-hybridized carbons (Fsp3) is 0.170. The van der Waals surface area contributed by atoms with Gasteiger partial charge in [0.15, 0.2) is 5.58 Å². The lowest BCUT2D eigenvalue weighted by Gasteiger charge is -2.26. The van der Waals surface area contributed by atoms with E-state index in [-0.39, 0.29) is 10.8 Å². The molecule has 4 aromatic heterocycles. The third-order valence-electron chi connectivity index (χ3n) is 11.1. The van der Waals surface area contributed by atoms with Crippen LogP contribution in [0.15, 0.2) is 162 Å². The quantitative estimate of drug-likeness (QED) is 0.162. The van der Waals surface area contributed by atoms with E-state index in [0.717, 1.165) is 83.9 Å². The molecular formula is C53H47N3O2. The lowest BCUT2D eigenvalue weighted by molar-refractivity contribution is 0.416. The molecule has 9 rings (SSSR count). The Morgan fingerprint density at radius 1 is 0.534 bits per heavy atom. The summed E-state index contributed by atoms with van der Waals surface area (Å²) in [6, 6.07) is 51.4. The van der Waals surface area contributed by atoms with Gasteiger partial charge >= 0.3 is 0 Å². The van der Waals surface area contributed by atoms with Gasteiger partial charge in [-0.3, -0.25) is 4.98 Å². The lowest BCUT2D eigenvalue weighted by Crippen LogP contribution is -2.16. The number of hydrogen-bond donors (Lipinski definition) is 0. The van der Waals surface area contributed by atoms with Crippen LogP contribution in [-0.4, -0.2) is 21.6 Å². The maximum Gasteiger partial charge on any atom is 0.159 e. The first kappa shape index (κ1) is 36.9. The second-order valence-electron chi connectivity index (χ2n) is 17.1. The van der Waals surface area contributed by atoms with Crippen molar-refractivity contribution < 1.29 is 9.15 Å². The van der Waals surface area contributed by atoms with Crippen LogP contribution < -0.4 is 4.74 Å². The van der Waals surface area contributed by atoms with E-state index in [0.29, 0.717) is 0 Å². The van der Waals surface area contributed by atoms with Crippen molar-refractivity contribution in [3.05, 3.63) is 169 Å². The third-order valence-corrected chi connectivity index (χ3v) is 11.1. The van der Waals surface area contributed by atoms with E-state index in [2.05, 4.69) is 161 Å². The van der Waals surface area contributed by atoms with Gasteiger partial charge in [0.1, 0.15) is 5.75 Å². The number of hydrogen-bond acceptors (Lipinski definition) is 4. The summed E-state index contributed by atoms with van der Waals surface area (Å²) in [6.07, 6.45) is 3.67. The minimum atomic E-state index is -0.0196. The summed E-state index contributed by atoms with van der Waals surface area (Å²) in [5, 5.41) is 1.07. The fourth-order valence-corrected chi connectivity index (χ4v) is 7.94. The van der Waals surface area contributed by atoms with Crippen molar-refractivity contribution in [3.63, 3.8) is 0 Å². The average molecular weight is 758 g/mol. The lowest BCUT2D eigenvalue weighted by atomic mass is 9.79. The normalized spacial score (nSPS) is 12.1. The molecule has 286 valence electrons. The van der Waals surface area contributed by atoms with E-state index in [1.807, 2.05) is 36.5 Å². The highest BCUT2D eigenvalue weighted by Crippen LogP contribution is 2.41. The molecule has 0 fully saturated rings. The first-order valence-corrected chi connectivity index (χ1v) is 19.9. The monoisotopic (exact) mass is 757 g/mol. The zero-order valence-corrected chi connectivity index (χ0v) is 34.2. The van der Waals surface area contributed by atoms with Gasteiger partial charge < -0.3 is 13.7 Å². The molecular weight excluding hydrogens is 711 g/mol. The number of furan rings is 1. The summed E-state index contributed by atoms with van der Waals surface area (Å²) in [5.74, 6) is 0.785. The van der Waals surface area contributed by atoms with Crippen LogP contribution in [0.5, 0.6) is 5.75 Å². The third kappa shape index (κ3) is 6.77. The van der Waals surface area contributed by atoms with Crippen LogP contribution in [0.25, 0.3) is 83.7 Å². The standard InChI is InChI=1S/C53H47N3O2/c1-52(2,3)39-28-37(29-40(33-39)53(4,5)6)38-31-46(55-47(32-38)43-19-11-12-22-49(43)57-7)36-16-13-15-35(27-36)45-30-34(23-25-54-45)42-20-14-21-44-50(42)56(41-17-9-8-10-18-41)48-24-26-58-51(44)48/h8-33H,1-7H3. The number of fused-ring (bicyclic) bond motifs is 3. The Kier molecular flexibility index (Phi) is 9.12. The first-order chi connectivity index (χ1) is 28.0. The SMILES string of the molecule is COc1ccccc1-c1cc(-c2cc(C(C)(C)C)cc(C(C)(C)C)c2)cc(-c2cccc(-c3cc(-c4cccc5c6occc6n(-c6ccccc6)c45)ccn3)c2)n1. The van der Waals surface area contributed by atoms with Gasteiger partial charge in [-0.05, 0) is 99.3 Å². The summed E-state index contributed by atoms with van der Waals surface area (Å²) in [6.45, 7) is 13.7. The number of rotatable bonds is 7. The van der Waals surface area contributed by atoms with E-state index in [1.54, 1.807) is 13.4 Å². The molecule has 9 aromatic rings. The number of para-hydroxylation sites is 3. The highest BCUT2D eigenvalue weighted by molar-refractivity contribution is 6.11. The Bertz CT molecular complexity index is 2920. The van der Waals surface area contributed by atoms with Gasteiger partial charge in [-0.1, -0.05) is 120 Å². The molecule has 4 heterocycles. The van der Waals surface area contributed by atoms with Crippen LogP contribution in [0.3, 0.4) is 0 Å². The molecule has 0 aliphatic rings. The molecule has 0 aliphatic carbocycles. The van der Waals surface area contributed by atoms with Crippen LogP contribution in [0.4, 0.5) is 0 Å². The Morgan fingerprint density at radius 3 is 1.91 bits per heavy atom. The van der Waals surface area contributed by atoms with Crippen LogP contribution in [-0.2, 0) is 10.8 Å². The number of nitrogens with zero attached hydrogens (tertiary/aromatic N) is 3. The summed E-state index contributed by atoms with van der Waals surface area (Å²) in [4.78, 5) is 10.2. The highest BCUT2D eigenvalue weighted by Gasteiger charge is 2.23. The molecule has 0 aliphatic heterocycles. The zero-order valence-electron chi connectivity index (χ0n) is 34.2.